The summed E-state index contributed by atoms with van der Waals surface area (Å²) >= 11 is 0. The third-order valence-electron chi connectivity index (χ3n) is 1.70. The van der Waals surface area contributed by atoms with Gasteiger partial charge in [-0.05, 0) is 11.8 Å². The highest BCUT2D eigenvalue weighted by Crippen LogP contribution is 1.90. The summed E-state index contributed by atoms with van der Waals surface area (Å²) in [5.41, 5.74) is 4.71. The van der Waals surface area contributed by atoms with Crippen LogP contribution in [0.2, 0.25) is 0 Å². The predicted octanol–water partition coefficient (Wildman–Crippen LogP) is 1.28. The van der Waals surface area contributed by atoms with E-state index < -0.39 is 0 Å². The van der Waals surface area contributed by atoms with Gasteiger partial charge in [0, 0.05) is 25.3 Å². The molecule has 0 rings (SSSR count). The van der Waals surface area contributed by atoms with Gasteiger partial charge in [-0.3, -0.25) is 9.59 Å². The van der Waals surface area contributed by atoms with Crippen molar-refractivity contribution in [1.29, 1.82) is 0 Å². The first-order valence-electron chi connectivity index (χ1n) is 6.06. The highest BCUT2D eigenvalue weighted by atomic mass is 16.2. The van der Waals surface area contributed by atoms with Gasteiger partial charge in [-0.2, -0.15) is 10.2 Å². The molecule has 0 aromatic rings. The van der Waals surface area contributed by atoms with E-state index in [0.717, 1.165) is 0 Å². The van der Waals surface area contributed by atoms with E-state index in [2.05, 4.69) is 21.1 Å². The van der Waals surface area contributed by atoms with Crippen molar-refractivity contribution in [1.82, 2.24) is 10.9 Å². The average Bonchev–Trinajstić information content (AvgIpc) is 2.25. The van der Waals surface area contributed by atoms with Gasteiger partial charge < -0.3 is 0 Å². The fourth-order valence-corrected chi connectivity index (χ4v) is 0.856. The van der Waals surface area contributed by atoms with Gasteiger partial charge in [-0.15, -0.1) is 0 Å². The smallest absolute Gasteiger partial charge is 0.240 e. The Kier molecular flexibility index (Phi) is 8.43. The van der Waals surface area contributed by atoms with Gasteiger partial charge in [0.1, 0.15) is 0 Å². The Morgan fingerprint density at radius 2 is 1.22 bits per heavy atom. The van der Waals surface area contributed by atoms with E-state index in [0.29, 0.717) is 0 Å². The molecule has 0 aliphatic carbocycles. The fraction of sp³-hybridized carbons (Fsp3) is 0.667. The Labute approximate surface area is 108 Å². The fourth-order valence-electron chi connectivity index (χ4n) is 0.856. The first-order chi connectivity index (χ1) is 8.41. The first kappa shape index (κ1) is 16.3. The van der Waals surface area contributed by atoms with Crippen molar-refractivity contribution in [2.24, 2.45) is 22.0 Å². The standard InChI is InChI=1S/C12H22N4O2/c1-9(2)7-13-15-11(17)5-6-12(18)16-14-8-10(3)4/h7-10H,5-6H2,1-4H3,(H,15,17)(H,16,18). The predicted molar refractivity (Wildman–Crippen MR) is 72.2 cm³/mol. The number of amides is 2. The van der Waals surface area contributed by atoms with Crippen molar-refractivity contribution in [3.63, 3.8) is 0 Å². The highest BCUT2D eigenvalue weighted by molar-refractivity contribution is 5.84. The average molecular weight is 254 g/mol. The lowest BCUT2D eigenvalue weighted by atomic mass is 10.2. The Morgan fingerprint density at radius 3 is 1.50 bits per heavy atom. The number of hydrazone groups is 2. The van der Waals surface area contributed by atoms with Crippen LogP contribution in [0.15, 0.2) is 10.2 Å². The molecule has 0 aromatic carbocycles. The van der Waals surface area contributed by atoms with Crippen LogP contribution in [-0.2, 0) is 9.59 Å². The van der Waals surface area contributed by atoms with Gasteiger partial charge >= 0.3 is 0 Å². The molecule has 0 aromatic heterocycles. The summed E-state index contributed by atoms with van der Waals surface area (Å²) in [6, 6.07) is 0. The molecule has 0 unspecified atom stereocenters. The maximum atomic E-state index is 11.3. The number of nitrogens with one attached hydrogen (secondary N) is 2. The maximum absolute atomic E-state index is 11.3. The number of carbonyl (C=O) groups excluding carboxylic acids is 2. The van der Waals surface area contributed by atoms with Gasteiger partial charge in [-0.1, -0.05) is 27.7 Å². The van der Waals surface area contributed by atoms with Crippen LogP contribution in [0.3, 0.4) is 0 Å². The van der Waals surface area contributed by atoms with Gasteiger partial charge in [-0.25, -0.2) is 10.9 Å². The molecule has 0 bridgehead atoms. The van der Waals surface area contributed by atoms with E-state index in [-0.39, 0.29) is 36.5 Å². The van der Waals surface area contributed by atoms with Gasteiger partial charge in [0.05, 0.1) is 0 Å². The van der Waals surface area contributed by atoms with Crippen LogP contribution in [-0.4, -0.2) is 24.2 Å². The van der Waals surface area contributed by atoms with Gasteiger partial charge in [0.15, 0.2) is 0 Å². The summed E-state index contributed by atoms with van der Waals surface area (Å²) < 4.78 is 0. The topological polar surface area (TPSA) is 82.9 Å². The van der Waals surface area contributed by atoms with Crippen molar-refractivity contribution in [3.05, 3.63) is 0 Å². The molecule has 2 amide bonds. The zero-order valence-corrected chi connectivity index (χ0v) is 11.4. The summed E-state index contributed by atoms with van der Waals surface area (Å²) in [5.74, 6) is -0.0114. The van der Waals surface area contributed by atoms with E-state index in [1.54, 1.807) is 12.4 Å². The first-order valence-corrected chi connectivity index (χ1v) is 6.06. The maximum Gasteiger partial charge on any atom is 0.240 e. The second-order valence-corrected chi connectivity index (χ2v) is 4.61. The molecule has 102 valence electrons. The molecule has 6 nitrogen and oxygen atoms in total. The van der Waals surface area contributed by atoms with Crippen molar-refractivity contribution in [2.75, 3.05) is 0 Å². The molecule has 0 saturated carbocycles. The van der Waals surface area contributed by atoms with Crippen LogP contribution in [0.5, 0.6) is 0 Å². The molecule has 6 heteroatoms. The van der Waals surface area contributed by atoms with Crippen LogP contribution >= 0.6 is 0 Å². The molecule has 0 atom stereocenters. The molecule has 18 heavy (non-hydrogen) atoms. The lowest BCUT2D eigenvalue weighted by Gasteiger charge is -2.00. The molecule has 0 aliphatic rings. The quantitative estimate of drug-likeness (QED) is 0.530. The monoisotopic (exact) mass is 254 g/mol. The largest absolute Gasteiger partial charge is 0.273 e. The molecule has 0 aliphatic heterocycles. The number of nitrogens with zero attached hydrogens (tertiary/aromatic N) is 2. The molecule has 2 N–H and O–H groups in total. The van der Waals surface area contributed by atoms with Gasteiger partial charge in [0.2, 0.25) is 11.8 Å². The molecular weight excluding hydrogens is 232 g/mol. The van der Waals surface area contributed by atoms with Crippen LogP contribution in [0, 0.1) is 11.8 Å². The molecule has 0 spiro atoms. The van der Waals surface area contributed by atoms with Crippen LogP contribution < -0.4 is 10.9 Å². The van der Waals surface area contributed by atoms with Crippen LogP contribution in [0.4, 0.5) is 0 Å². The summed E-state index contributed by atoms with van der Waals surface area (Å²) in [6.45, 7) is 7.82. The highest BCUT2D eigenvalue weighted by Gasteiger charge is 2.05. The van der Waals surface area contributed by atoms with Crippen molar-refractivity contribution in [2.45, 2.75) is 40.5 Å². The zero-order valence-electron chi connectivity index (χ0n) is 11.4. The summed E-state index contributed by atoms with van der Waals surface area (Å²) in [7, 11) is 0. The number of carbonyl (C=O) groups is 2. The van der Waals surface area contributed by atoms with E-state index in [9.17, 15) is 9.59 Å². The van der Waals surface area contributed by atoms with E-state index in [1.165, 1.54) is 0 Å². The Morgan fingerprint density at radius 1 is 0.889 bits per heavy atom. The van der Waals surface area contributed by atoms with Gasteiger partial charge in [0.25, 0.3) is 0 Å². The number of hydrogen-bond acceptors (Lipinski definition) is 4. The van der Waals surface area contributed by atoms with Crippen molar-refractivity contribution in [3.8, 4) is 0 Å². The molecule has 0 heterocycles. The van der Waals surface area contributed by atoms with E-state index >= 15 is 0 Å². The minimum Gasteiger partial charge on any atom is -0.273 e. The molecule has 0 fully saturated rings. The lowest BCUT2D eigenvalue weighted by molar-refractivity contribution is -0.126. The minimum absolute atomic E-state index is 0.0957. The van der Waals surface area contributed by atoms with E-state index in [4.69, 9.17) is 0 Å². The molecule has 0 saturated heterocycles. The molecule has 0 radical (unpaired) electrons. The second-order valence-electron chi connectivity index (χ2n) is 4.61. The summed E-state index contributed by atoms with van der Waals surface area (Å²) in [6.07, 6.45) is 3.45. The Bertz CT molecular complexity index is 290. The lowest BCUT2D eigenvalue weighted by Crippen LogP contribution is -2.23. The third-order valence-corrected chi connectivity index (χ3v) is 1.70. The zero-order chi connectivity index (χ0) is 14.0. The number of rotatable bonds is 7. The van der Waals surface area contributed by atoms with E-state index in [1.807, 2.05) is 27.7 Å². The summed E-state index contributed by atoms with van der Waals surface area (Å²) in [4.78, 5) is 22.5. The van der Waals surface area contributed by atoms with Crippen molar-refractivity contribution < 1.29 is 9.59 Å². The van der Waals surface area contributed by atoms with Crippen LogP contribution in [0.25, 0.3) is 0 Å². The SMILES string of the molecule is CC(C)C=NNC(=O)CCC(=O)NN=CC(C)C. The number of hydrogen-bond donors (Lipinski definition) is 2. The Hall–Kier alpha value is -1.72. The third kappa shape index (κ3) is 10.8. The summed E-state index contributed by atoms with van der Waals surface area (Å²) in [5, 5.41) is 7.50. The minimum atomic E-state index is -0.283. The van der Waals surface area contributed by atoms with Crippen LogP contribution in [0.1, 0.15) is 40.5 Å². The normalized spacial score (nSPS) is 11.7. The second kappa shape index (κ2) is 9.32. The Balaban J connectivity index is 3.75. The van der Waals surface area contributed by atoms with Crippen molar-refractivity contribution >= 4 is 24.2 Å². The molecular formula is C12H22N4O2.